The van der Waals surface area contributed by atoms with Crippen LogP contribution in [0.4, 0.5) is 0 Å². The Morgan fingerprint density at radius 2 is 1.22 bits per heavy atom. The largest absolute Gasteiger partial charge is 0.394 e. The third-order valence-corrected chi connectivity index (χ3v) is 10.1. The average Bonchev–Trinajstić information content (AvgIpc) is 3.42. The normalized spacial score (nSPS) is 46.3. The second-order valence-electron chi connectivity index (χ2n) is 13.8. The van der Waals surface area contributed by atoms with Gasteiger partial charge in [-0.15, -0.1) is 0 Å². The Labute approximate surface area is 295 Å². The van der Waals surface area contributed by atoms with E-state index in [4.69, 9.17) is 57.1 Å². The van der Waals surface area contributed by atoms with Gasteiger partial charge in [-0.2, -0.15) is 0 Å². The van der Waals surface area contributed by atoms with Gasteiger partial charge in [0.05, 0.1) is 24.8 Å². The number of nitrogens with two attached hydrogens (primary N) is 5. The molecule has 1 aromatic carbocycles. The zero-order valence-electron chi connectivity index (χ0n) is 28.3. The van der Waals surface area contributed by atoms with E-state index in [9.17, 15) is 35.7 Å². The summed E-state index contributed by atoms with van der Waals surface area (Å²) in [7, 11) is 0. The molecule has 0 spiro atoms. The molecule has 1 aromatic rings. The van der Waals surface area contributed by atoms with Gasteiger partial charge in [-0.3, -0.25) is 0 Å². The second kappa shape index (κ2) is 18.2. The topological polar surface area (TPSA) is 339 Å². The molecule has 1 unspecified atom stereocenters. The summed E-state index contributed by atoms with van der Waals surface area (Å²) in [6.07, 6.45) is -18.0. The number of rotatable bonds is 14. The van der Waals surface area contributed by atoms with Crippen molar-refractivity contribution in [2.75, 3.05) is 26.2 Å². The van der Waals surface area contributed by atoms with E-state index in [0.29, 0.717) is 6.54 Å². The standard InChI is InChI=1S/C32H56N6O13/c33-10-16-22(41)24(43)19(36)30(46-16)50-28-18(12-39)48-32(26(28)45)51-29-21(40)14(34)9-15(35)27(29)49-31-20(37)25(44)23(42)17(47-31)11-38-8-4-7-13-5-2-1-3-6-13/h1-3,5-6,14-32,38-45H,4,7-12,33-37H2/t14-,15+,16?,17-,18-,19-,20-,21+,22-,23-,24-,25-,26-,27-,28-,29-,30-,31-,32+/m1/s1. The number of benzene rings is 1. The van der Waals surface area contributed by atoms with Crippen LogP contribution in [0.3, 0.4) is 0 Å². The molecule has 3 aliphatic heterocycles. The molecular formula is C32H56N6O13. The summed E-state index contributed by atoms with van der Waals surface area (Å²) in [4.78, 5) is 0. The van der Waals surface area contributed by atoms with Crippen LogP contribution in [0, 0.1) is 0 Å². The minimum absolute atomic E-state index is 0.0949. The van der Waals surface area contributed by atoms with Crippen molar-refractivity contribution in [1.29, 1.82) is 0 Å². The summed E-state index contributed by atoms with van der Waals surface area (Å²) >= 11 is 0. The first-order valence-electron chi connectivity index (χ1n) is 17.4. The Hall–Kier alpha value is -1.54. The van der Waals surface area contributed by atoms with E-state index in [2.05, 4.69) is 5.32 Å². The first kappa shape index (κ1) is 40.6. The molecule has 0 aromatic heterocycles. The third kappa shape index (κ3) is 9.23. The molecule has 1 saturated carbocycles. The number of hydrogen-bond acceptors (Lipinski definition) is 19. The van der Waals surface area contributed by atoms with E-state index >= 15 is 0 Å². The lowest BCUT2D eigenvalue weighted by Gasteiger charge is -2.47. The fraction of sp³-hybridized carbons (Fsp3) is 0.812. The van der Waals surface area contributed by atoms with E-state index in [1.54, 1.807) is 0 Å². The third-order valence-electron chi connectivity index (χ3n) is 10.1. The molecule has 1 aliphatic carbocycles. The van der Waals surface area contributed by atoms with Gasteiger partial charge in [0.1, 0.15) is 67.1 Å². The Balaban J connectivity index is 1.23. The van der Waals surface area contributed by atoms with Crippen molar-refractivity contribution in [1.82, 2.24) is 5.32 Å². The fourth-order valence-corrected chi connectivity index (χ4v) is 7.02. The molecule has 3 saturated heterocycles. The quantitative estimate of drug-likeness (QED) is 0.0791. The van der Waals surface area contributed by atoms with Crippen LogP contribution < -0.4 is 34.0 Å². The maximum atomic E-state index is 11.3. The summed E-state index contributed by atoms with van der Waals surface area (Å²) in [5, 5.41) is 77.9. The highest BCUT2D eigenvalue weighted by atomic mass is 16.8. The highest BCUT2D eigenvalue weighted by Crippen LogP contribution is 2.34. The van der Waals surface area contributed by atoms with Gasteiger partial charge in [0.2, 0.25) is 0 Å². The van der Waals surface area contributed by atoms with Gasteiger partial charge in [0.25, 0.3) is 0 Å². The van der Waals surface area contributed by atoms with Crippen LogP contribution in [0.5, 0.6) is 0 Å². The van der Waals surface area contributed by atoms with Gasteiger partial charge in [0.15, 0.2) is 18.9 Å². The monoisotopic (exact) mass is 732 g/mol. The summed E-state index contributed by atoms with van der Waals surface area (Å²) in [5.74, 6) is 0. The molecule has 19 nitrogen and oxygen atoms in total. The Bertz CT molecular complexity index is 1200. The van der Waals surface area contributed by atoms with Crippen molar-refractivity contribution in [3.8, 4) is 0 Å². The molecule has 19 heteroatoms. The van der Waals surface area contributed by atoms with E-state index in [-0.39, 0.29) is 19.5 Å². The molecule has 0 radical (unpaired) electrons. The number of hydrogen-bond donors (Lipinski definition) is 13. The van der Waals surface area contributed by atoms with E-state index in [1.807, 2.05) is 30.3 Å². The molecule has 19 atom stereocenters. The van der Waals surface area contributed by atoms with Crippen molar-refractivity contribution < 1.29 is 64.2 Å². The number of aryl methyl sites for hydroxylation is 1. The van der Waals surface area contributed by atoms with Crippen molar-refractivity contribution in [3.63, 3.8) is 0 Å². The number of aliphatic hydroxyl groups excluding tert-OH is 7. The highest BCUT2D eigenvalue weighted by Gasteiger charge is 2.54. The average molecular weight is 733 g/mol. The molecular weight excluding hydrogens is 676 g/mol. The molecule has 292 valence electrons. The van der Waals surface area contributed by atoms with Gasteiger partial charge in [-0.25, -0.2) is 0 Å². The van der Waals surface area contributed by atoms with Crippen LogP contribution in [0.25, 0.3) is 0 Å². The summed E-state index contributed by atoms with van der Waals surface area (Å²) in [6, 6.07) is 5.80. The van der Waals surface area contributed by atoms with Crippen LogP contribution in [-0.4, -0.2) is 178 Å². The lowest BCUT2D eigenvalue weighted by Crippen LogP contribution is -2.68. The molecule has 4 fully saturated rings. The molecule has 18 N–H and O–H groups in total. The fourth-order valence-electron chi connectivity index (χ4n) is 7.02. The van der Waals surface area contributed by atoms with E-state index in [1.165, 1.54) is 5.56 Å². The summed E-state index contributed by atoms with van der Waals surface area (Å²) in [6.45, 7) is -0.0254. The molecule has 4 aliphatic rings. The van der Waals surface area contributed by atoms with Crippen LogP contribution in [0.15, 0.2) is 30.3 Å². The van der Waals surface area contributed by atoms with Gasteiger partial charge in [0, 0.05) is 25.2 Å². The maximum absolute atomic E-state index is 11.3. The van der Waals surface area contributed by atoms with Crippen molar-refractivity contribution in [3.05, 3.63) is 35.9 Å². The molecule has 3 heterocycles. The van der Waals surface area contributed by atoms with E-state index < -0.39 is 123 Å². The minimum atomic E-state index is -1.61. The Morgan fingerprint density at radius 1 is 0.647 bits per heavy atom. The Kier molecular flexibility index (Phi) is 14.5. The van der Waals surface area contributed by atoms with E-state index in [0.717, 1.165) is 12.8 Å². The lowest BCUT2D eigenvalue weighted by molar-refractivity contribution is -0.307. The van der Waals surface area contributed by atoms with Crippen LogP contribution in [0.2, 0.25) is 0 Å². The zero-order chi connectivity index (χ0) is 37.0. The van der Waals surface area contributed by atoms with Gasteiger partial charge in [-0.05, 0) is 31.4 Å². The number of nitrogens with one attached hydrogen (secondary N) is 1. The highest BCUT2D eigenvalue weighted by molar-refractivity contribution is 5.14. The van der Waals surface area contributed by atoms with Crippen LogP contribution in [-0.2, 0) is 34.8 Å². The maximum Gasteiger partial charge on any atom is 0.187 e. The minimum Gasteiger partial charge on any atom is -0.394 e. The van der Waals surface area contributed by atoms with Gasteiger partial charge >= 0.3 is 0 Å². The smallest absolute Gasteiger partial charge is 0.187 e. The van der Waals surface area contributed by atoms with Crippen LogP contribution >= 0.6 is 0 Å². The first-order chi connectivity index (χ1) is 24.4. The summed E-state index contributed by atoms with van der Waals surface area (Å²) in [5.41, 5.74) is 31.7. The second-order valence-corrected chi connectivity index (χ2v) is 13.8. The van der Waals surface area contributed by atoms with Gasteiger partial charge < -0.3 is 98.2 Å². The molecule has 51 heavy (non-hydrogen) atoms. The van der Waals surface area contributed by atoms with Gasteiger partial charge in [-0.1, -0.05) is 30.3 Å². The Morgan fingerprint density at radius 3 is 1.84 bits per heavy atom. The summed E-state index contributed by atoms with van der Waals surface area (Å²) < 4.78 is 35.5. The zero-order valence-corrected chi connectivity index (χ0v) is 28.3. The number of aliphatic hydroxyl groups is 7. The SMILES string of the molecule is NCC1O[C@H](O[C@H]2[C@@H](O)[C@H](O[C@@H]3[C@@H](O)[C@H](N)C[C@H](N)[C@H]3O[C@H]3O[C@H](CNCCCc4ccccc4)[C@@H](O)[C@H](O)[C@H]3N)O[C@@H]2CO)[C@H](N)[C@@H](O)[C@@H]1O. The lowest BCUT2D eigenvalue weighted by atomic mass is 9.84. The number of ether oxygens (including phenoxy) is 6. The predicted molar refractivity (Wildman–Crippen MR) is 177 cm³/mol. The molecule has 5 rings (SSSR count). The predicted octanol–water partition coefficient (Wildman–Crippen LogP) is -6.63. The van der Waals surface area contributed by atoms with Crippen molar-refractivity contribution in [2.24, 2.45) is 28.7 Å². The van der Waals surface area contributed by atoms with Crippen molar-refractivity contribution >= 4 is 0 Å². The molecule has 0 bridgehead atoms. The first-order valence-corrected chi connectivity index (χ1v) is 17.4. The van der Waals surface area contributed by atoms with Crippen LogP contribution in [0.1, 0.15) is 18.4 Å². The van der Waals surface area contributed by atoms with Crippen molar-refractivity contribution in [2.45, 2.75) is 136 Å². The molecule has 0 amide bonds.